The van der Waals surface area contributed by atoms with Crippen LogP contribution in [0.5, 0.6) is 0 Å². The van der Waals surface area contributed by atoms with E-state index in [1.807, 2.05) is 0 Å². The Kier molecular flexibility index (Phi) is 2.96. The standard InChI is InChI=1S/C12H15FN4O3/c1-6-11-14-3-7(17(11)16-5-15-6)9-8(13)10(19)12(2,4-18)20-9/h3,5,8-10,18-19H,4H2,1-2H3/t8-,9-,10-,12+/m0/s1. The fourth-order valence-corrected chi connectivity index (χ4v) is 2.42. The Hall–Kier alpha value is -1.64. The fraction of sp³-hybridized carbons (Fsp3) is 0.583. The number of aliphatic hydroxyl groups is 2. The van der Waals surface area contributed by atoms with Gasteiger partial charge >= 0.3 is 0 Å². The monoisotopic (exact) mass is 282 g/mol. The van der Waals surface area contributed by atoms with Crippen LogP contribution in [0.4, 0.5) is 4.39 Å². The Bertz CT molecular complexity index is 649. The fourth-order valence-electron chi connectivity index (χ4n) is 2.42. The number of aryl methyl sites for hydroxylation is 1. The molecule has 20 heavy (non-hydrogen) atoms. The van der Waals surface area contributed by atoms with Crippen LogP contribution in [-0.4, -0.2) is 54.3 Å². The summed E-state index contributed by atoms with van der Waals surface area (Å²) in [5.74, 6) is 0. The lowest BCUT2D eigenvalue weighted by Gasteiger charge is -2.24. The van der Waals surface area contributed by atoms with E-state index < -0.39 is 30.6 Å². The van der Waals surface area contributed by atoms with Crippen molar-refractivity contribution in [3.05, 3.63) is 23.9 Å². The summed E-state index contributed by atoms with van der Waals surface area (Å²) in [5.41, 5.74) is 0.209. The maximum Gasteiger partial charge on any atom is 0.175 e. The first-order chi connectivity index (χ1) is 9.48. The molecular formula is C12H15FN4O3. The van der Waals surface area contributed by atoms with Crippen molar-refractivity contribution in [3.63, 3.8) is 0 Å². The molecular weight excluding hydrogens is 267 g/mol. The van der Waals surface area contributed by atoms with Gasteiger partial charge in [0.15, 0.2) is 11.8 Å². The molecule has 0 saturated carbocycles. The third-order valence-electron chi connectivity index (χ3n) is 3.72. The molecule has 0 aliphatic carbocycles. The van der Waals surface area contributed by atoms with Gasteiger partial charge in [-0.15, -0.1) is 0 Å². The Labute approximate surface area is 114 Å². The number of aliphatic hydroxyl groups excluding tert-OH is 2. The molecule has 8 heteroatoms. The Balaban J connectivity index is 2.06. The quantitative estimate of drug-likeness (QED) is 0.802. The van der Waals surface area contributed by atoms with Crippen LogP contribution in [-0.2, 0) is 4.74 Å². The molecule has 1 fully saturated rings. The van der Waals surface area contributed by atoms with E-state index in [-0.39, 0.29) is 0 Å². The minimum atomic E-state index is -1.66. The van der Waals surface area contributed by atoms with E-state index in [9.17, 15) is 14.6 Å². The van der Waals surface area contributed by atoms with E-state index >= 15 is 0 Å². The second-order valence-corrected chi connectivity index (χ2v) is 5.16. The number of alkyl halides is 1. The first kappa shape index (κ1) is 13.3. The van der Waals surface area contributed by atoms with Crippen molar-refractivity contribution in [1.29, 1.82) is 0 Å². The van der Waals surface area contributed by atoms with Gasteiger partial charge in [-0.05, 0) is 13.8 Å². The molecule has 0 spiro atoms. The van der Waals surface area contributed by atoms with E-state index in [1.165, 1.54) is 24.0 Å². The summed E-state index contributed by atoms with van der Waals surface area (Å²) in [5, 5.41) is 23.2. The molecule has 108 valence electrons. The van der Waals surface area contributed by atoms with Gasteiger partial charge in [-0.2, -0.15) is 5.10 Å². The average Bonchev–Trinajstić information content (AvgIpc) is 2.96. The number of halogens is 1. The van der Waals surface area contributed by atoms with Gasteiger partial charge in [0.05, 0.1) is 24.2 Å². The number of fused-ring (bicyclic) bond motifs is 1. The summed E-state index contributed by atoms with van der Waals surface area (Å²) in [6.45, 7) is 2.76. The average molecular weight is 282 g/mol. The van der Waals surface area contributed by atoms with Crippen molar-refractivity contribution in [2.75, 3.05) is 6.61 Å². The van der Waals surface area contributed by atoms with Gasteiger partial charge in [0.1, 0.15) is 24.1 Å². The number of imidazole rings is 1. The number of aromatic nitrogens is 4. The van der Waals surface area contributed by atoms with Crippen LogP contribution >= 0.6 is 0 Å². The summed E-state index contributed by atoms with van der Waals surface area (Å²) < 4.78 is 21.2. The number of hydrogen-bond donors (Lipinski definition) is 2. The molecule has 0 unspecified atom stereocenters. The molecule has 2 aromatic heterocycles. The highest BCUT2D eigenvalue weighted by atomic mass is 19.1. The third-order valence-corrected chi connectivity index (χ3v) is 3.72. The largest absolute Gasteiger partial charge is 0.393 e. The second-order valence-electron chi connectivity index (χ2n) is 5.16. The summed E-state index contributed by atoms with van der Waals surface area (Å²) >= 11 is 0. The highest BCUT2D eigenvalue weighted by Gasteiger charge is 2.53. The lowest BCUT2D eigenvalue weighted by atomic mass is 9.98. The molecule has 7 nitrogen and oxygen atoms in total. The minimum Gasteiger partial charge on any atom is -0.393 e. The lowest BCUT2D eigenvalue weighted by molar-refractivity contribution is -0.100. The van der Waals surface area contributed by atoms with E-state index in [0.29, 0.717) is 17.0 Å². The van der Waals surface area contributed by atoms with Crippen molar-refractivity contribution in [2.45, 2.75) is 37.8 Å². The maximum atomic E-state index is 14.3. The zero-order chi connectivity index (χ0) is 14.5. The summed E-state index contributed by atoms with van der Waals surface area (Å²) in [7, 11) is 0. The molecule has 3 rings (SSSR count). The molecule has 1 aliphatic heterocycles. The molecule has 4 atom stereocenters. The molecule has 0 aromatic carbocycles. The van der Waals surface area contributed by atoms with Crippen LogP contribution in [0, 0.1) is 6.92 Å². The number of nitrogens with zero attached hydrogens (tertiary/aromatic N) is 4. The Morgan fingerprint density at radius 1 is 1.50 bits per heavy atom. The van der Waals surface area contributed by atoms with Crippen molar-refractivity contribution in [1.82, 2.24) is 19.6 Å². The van der Waals surface area contributed by atoms with Gasteiger partial charge in [-0.25, -0.2) is 18.9 Å². The molecule has 1 saturated heterocycles. The number of ether oxygens (including phenoxy) is 1. The molecule has 1 aliphatic rings. The SMILES string of the molecule is Cc1ncnn2c([C@@H]3O[C@](C)(CO)[C@@H](O)[C@H]3F)cnc12. The number of rotatable bonds is 2. The van der Waals surface area contributed by atoms with Gasteiger partial charge in [-0.1, -0.05) is 0 Å². The van der Waals surface area contributed by atoms with E-state index in [2.05, 4.69) is 15.1 Å². The van der Waals surface area contributed by atoms with Crippen LogP contribution in [0.3, 0.4) is 0 Å². The zero-order valence-corrected chi connectivity index (χ0v) is 11.1. The van der Waals surface area contributed by atoms with Crippen LogP contribution < -0.4 is 0 Å². The number of hydrogen-bond acceptors (Lipinski definition) is 6. The van der Waals surface area contributed by atoms with Crippen LogP contribution in [0.1, 0.15) is 24.4 Å². The maximum absolute atomic E-state index is 14.3. The van der Waals surface area contributed by atoms with Crippen molar-refractivity contribution in [3.8, 4) is 0 Å². The van der Waals surface area contributed by atoms with Crippen LogP contribution in [0.2, 0.25) is 0 Å². The summed E-state index contributed by atoms with van der Waals surface area (Å²) in [6.07, 6.45) is -1.32. The smallest absolute Gasteiger partial charge is 0.175 e. The first-order valence-corrected chi connectivity index (χ1v) is 6.24. The normalized spacial score (nSPS) is 34.0. The van der Waals surface area contributed by atoms with Gasteiger partial charge in [0, 0.05) is 0 Å². The molecule has 3 heterocycles. The van der Waals surface area contributed by atoms with Crippen LogP contribution in [0.25, 0.3) is 5.65 Å². The Morgan fingerprint density at radius 3 is 2.90 bits per heavy atom. The third kappa shape index (κ3) is 1.72. The van der Waals surface area contributed by atoms with Crippen molar-refractivity contribution >= 4 is 5.65 Å². The molecule has 0 bridgehead atoms. The second kappa shape index (κ2) is 4.44. The lowest BCUT2D eigenvalue weighted by Crippen LogP contribution is -2.42. The minimum absolute atomic E-state index is 0.384. The first-order valence-electron chi connectivity index (χ1n) is 6.24. The van der Waals surface area contributed by atoms with E-state index in [0.717, 1.165) is 0 Å². The van der Waals surface area contributed by atoms with Crippen molar-refractivity contribution < 1.29 is 19.3 Å². The predicted molar refractivity (Wildman–Crippen MR) is 65.7 cm³/mol. The molecule has 0 radical (unpaired) electrons. The van der Waals surface area contributed by atoms with Gasteiger partial charge in [-0.3, -0.25) is 0 Å². The van der Waals surface area contributed by atoms with Crippen molar-refractivity contribution in [2.24, 2.45) is 0 Å². The molecule has 2 N–H and O–H groups in total. The van der Waals surface area contributed by atoms with Gasteiger partial charge < -0.3 is 14.9 Å². The Morgan fingerprint density at radius 2 is 2.25 bits per heavy atom. The topological polar surface area (TPSA) is 92.8 Å². The van der Waals surface area contributed by atoms with E-state index in [4.69, 9.17) is 4.74 Å². The summed E-state index contributed by atoms with van der Waals surface area (Å²) in [4.78, 5) is 8.15. The van der Waals surface area contributed by atoms with Gasteiger partial charge in [0.25, 0.3) is 0 Å². The highest BCUT2D eigenvalue weighted by molar-refractivity contribution is 5.43. The zero-order valence-electron chi connectivity index (χ0n) is 11.1. The highest BCUT2D eigenvalue weighted by Crippen LogP contribution is 2.41. The summed E-state index contributed by atoms with van der Waals surface area (Å²) in [6, 6.07) is 0. The van der Waals surface area contributed by atoms with E-state index in [1.54, 1.807) is 6.92 Å². The molecule has 0 amide bonds. The predicted octanol–water partition coefficient (Wildman–Crippen LogP) is -0.0460. The molecule has 2 aromatic rings. The van der Waals surface area contributed by atoms with Gasteiger partial charge in [0.2, 0.25) is 0 Å². The van der Waals surface area contributed by atoms with Crippen LogP contribution in [0.15, 0.2) is 12.5 Å².